The molecule has 0 spiro atoms. The molecule has 0 radical (unpaired) electrons. The van der Waals surface area contributed by atoms with E-state index in [2.05, 4.69) is 15.9 Å². The van der Waals surface area contributed by atoms with Crippen LogP contribution >= 0.6 is 15.9 Å². The summed E-state index contributed by atoms with van der Waals surface area (Å²) >= 11 is 3.24. The van der Waals surface area contributed by atoms with E-state index in [1.165, 1.54) is 0 Å². The highest BCUT2D eigenvalue weighted by Gasteiger charge is 2.30. The first kappa shape index (κ1) is 10.4. The lowest BCUT2D eigenvalue weighted by molar-refractivity contribution is -0.384. The number of halogens is 1. The first-order valence-corrected chi connectivity index (χ1v) is 5.55. The monoisotopic (exact) mass is 270 g/mol. The number of hydrogen-bond acceptors (Lipinski definition) is 3. The maximum atomic E-state index is 10.9. The van der Waals surface area contributed by atoms with E-state index in [1.54, 1.807) is 12.1 Å². The molecule has 1 aromatic carbocycles. The van der Waals surface area contributed by atoms with Crippen LogP contribution < -0.4 is 4.90 Å². The van der Waals surface area contributed by atoms with Crippen molar-refractivity contribution in [2.24, 2.45) is 0 Å². The van der Waals surface area contributed by atoms with Gasteiger partial charge in [-0.25, -0.2) is 0 Å². The number of anilines is 1. The molecule has 1 aliphatic carbocycles. The molecule has 4 nitrogen and oxygen atoms in total. The Kier molecular flexibility index (Phi) is 2.65. The van der Waals surface area contributed by atoms with Crippen LogP contribution in [0.4, 0.5) is 11.4 Å². The van der Waals surface area contributed by atoms with Crippen molar-refractivity contribution < 1.29 is 4.92 Å². The Balaban J connectivity index is 2.40. The molecule has 80 valence electrons. The molecule has 2 rings (SSSR count). The van der Waals surface area contributed by atoms with Crippen LogP contribution in [-0.2, 0) is 0 Å². The fourth-order valence-electron chi connectivity index (χ4n) is 1.60. The van der Waals surface area contributed by atoms with E-state index < -0.39 is 0 Å². The van der Waals surface area contributed by atoms with Crippen LogP contribution in [0.25, 0.3) is 0 Å². The van der Waals surface area contributed by atoms with Crippen LogP contribution in [0.15, 0.2) is 22.7 Å². The minimum atomic E-state index is -0.334. The lowest BCUT2D eigenvalue weighted by Gasteiger charge is -2.18. The average molecular weight is 271 g/mol. The van der Waals surface area contributed by atoms with Crippen LogP contribution in [0, 0.1) is 10.1 Å². The van der Waals surface area contributed by atoms with E-state index in [4.69, 9.17) is 0 Å². The van der Waals surface area contributed by atoms with Crippen LogP contribution in [0.2, 0.25) is 0 Å². The summed E-state index contributed by atoms with van der Waals surface area (Å²) in [6.45, 7) is 0. The maximum Gasteiger partial charge on any atom is 0.293 e. The molecular weight excluding hydrogens is 260 g/mol. The van der Waals surface area contributed by atoms with Gasteiger partial charge in [0.05, 0.1) is 4.92 Å². The number of benzene rings is 1. The predicted octanol–water partition coefficient (Wildman–Crippen LogP) is 2.96. The van der Waals surface area contributed by atoms with Crippen LogP contribution in [0.3, 0.4) is 0 Å². The number of hydrogen-bond donors (Lipinski definition) is 0. The topological polar surface area (TPSA) is 46.4 Å². The summed E-state index contributed by atoms with van der Waals surface area (Å²) in [7, 11) is 1.91. The van der Waals surface area contributed by atoms with Gasteiger partial charge in [-0.2, -0.15) is 0 Å². The Morgan fingerprint density at radius 3 is 2.73 bits per heavy atom. The summed E-state index contributed by atoms with van der Waals surface area (Å²) in [5, 5.41) is 10.9. The largest absolute Gasteiger partial charge is 0.366 e. The molecule has 0 atom stereocenters. The van der Waals surface area contributed by atoms with Gasteiger partial charge in [0.25, 0.3) is 5.69 Å². The molecule has 0 N–H and O–H groups in total. The zero-order valence-corrected chi connectivity index (χ0v) is 9.90. The van der Waals surface area contributed by atoms with Crippen molar-refractivity contribution in [1.29, 1.82) is 0 Å². The van der Waals surface area contributed by atoms with Crippen molar-refractivity contribution in [1.82, 2.24) is 0 Å². The molecule has 1 fully saturated rings. The smallest absolute Gasteiger partial charge is 0.293 e. The molecular formula is C10H11BrN2O2. The van der Waals surface area contributed by atoms with Gasteiger partial charge in [0.1, 0.15) is 5.69 Å². The summed E-state index contributed by atoms with van der Waals surface area (Å²) < 4.78 is 0.738. The van der Waals surface area contributed by atoms with Crippen molar-refractivity contribution in [3.05, 3.63) is 32.8 Å². The van der Waals surface area contributed by atoms with Gasteiger partial charge in [0.2, 0.25) is 0 Å². The van der Waals surface area contributed by atoms with Crippen LogP contribution in [0.5, 0.6) is 0 Å². The molecule has 0 heterocycles. The summed E-state index contributed by atoms with van der Waals surface area (Å²) in [5.41, 5.74) is 0.865. The molecule has 0 bridgehead atoms. The van der Waals surface area contributed by atoms with Gasteiger partial charge in [-0.15, -0.1) is 0 Å². The van der Waals surface area contributed by atoms with E-state index >= 15 is 0 Å². The molecule has 1 saturated carbocycles. The minimum Gasteiger partial charge on any atom is -0.366 e. The minimum absolute atomic E-state index is 0.166. The van der Waals surface area contributed by atoms with E-state index in [0.29, 0.717) is 11.7 Å². The molecule has 5 heteroatoms. The third kappa shape index (κ3) is 2.12. The average Bonchev–Trinajstić information content (AvgIpc) is 2.99. The molecule has 0 aliphatic heterocycles. The number of nitro groups is 1. The van der Waals surface area contributed by atoms with E-state index in [-0.39, 0.29) is 10.6 Å². The molecule has 15 heavy (non-hydrogen) atoms. The predicted molar refractivity (Wildman–Crippen MR) is 62.2 cm³/mol. The first-order valence-electron chi connectivity index (χ1n) is 4.76. The lowest BCUT2D eigenvalue weighted by Crippen LogP contribution is -2.20. The number of rotatable bonds is 3. The van der Waals surface area contributed by atoms with Gasteiger partial charge < -0.3 is 4.90 Å². The standard InChI is InChI=1S/C10H11BrN2O2/c1-12(8-3-4-8)9-5-2-7(11)6-10(9)13(14)15/h2,5-6,8H,3-4H2,1H3. The second-order valence-corrected chi connectivity index (χ2v) is 4.65. The fourth-order valence-corrected chi connectivity index (χ4v) is 1.95. The highest BCUT2D eigenvalue weighted by molar-refractivity contribution is 9.10. The fraction of sp³-hybridized carbons (Fsp3) is 0.400. The third-order valence-electron chi connectivity index (χ3n) is 2.61. The second-order valence-electron chi connectivity index (χ2n) is 3.73. The highest BCUT2D eigenvalue weighted by atomic mass is 79.9. The van der Waals surface area contributed by atoms with Gasteiger partial charge in [0, 0.05) is 23.6 Å². The van der Waals surface area contributed by atoms with Crippen molar-refractivity contribution in [2.45, 2.75) is 18.9 Å². The third-order valence-corrected chi connectivity index (χ3v) is 3.10. The zero-order valence-electron chi connectivity index (χ0n) is 8.31. The maximum absolute atomic E-state index is 10.9. The van der Waals surface area contributed by atoms with Crippen molar-refractivity contribution in [2.75, 3.05) is 11.9 Å². The Hall–Kier alpha value is -1.10. The molecule has 1 aliphatic rings. The summed E-state index contributed by atoms with van der Waals surface area (Å²) in [4.78, 5) is 12.5. The number of nitro benzene ring substituents is 1. The highest BCUT2D eigenvalue weighted by Crippen LogP contribution is 2.36. The summed E-state index contributed by atoms with van der Waals surface area (Å²) in [5.74, 6) is 0. The van der Waals surface area contributed by atoms with Crippen LogP contribution in [0.1, 0.15) is 12.8 Å². The van der Waals surface area contributed by atoms with Gasteiger partial charge in [0.15, 0.2) is 0 Å². The van der Waals surface area contributed by atoms with E-state index in [9.17, 15) is 10.1 Å². The Labute approximate surface area is 96.2 Å². The molecule has 0 amide bonds. The Morgan fingerprint density at radius 2 is 2.20 bits per heavy atom. The summed E-state index contributed by atoms with van der Waals surface area (Å²) in [6, 6.07) is 5.65. The van der Waals surface area contributed by atoms with Gasteiger partial charge >= 0.3 is 0 Å². The summed E-state index contributed by atoms with van der Waals surface area (Å²) in [6.07, 6.45) is 2.26. The van der Waals surface area contributed by atoms with Crippen molar-refractivity contribution in [3.63, 3.8) is 0 Å². The first-order chi connectivity index (χ1) is 7.09. The Morgan fingerprint density at radius 1 is 1.53 bits per heavy atom. The quantitative estimate of drug-likeness (QED) is 0.627. The molecule has 1 aromatic rings. The van der Waals surface area contributed by atoms with Crippen LogP contribution in [-0.4, -0.2) is 18.0 Å². The van der Waals surface area contributed by atoms with Gasteiger partial charge in [-0.3, -0.25) is 10.1 Å². The second kappa shape index (κ2) is 3.81. The SMILES string of the molecule is CN(c1ccc(Br)cc1[N+](=O)[O-])C1CC1. The molecule has 0 unspecified atom stereocenters. The number of nitrogens with zero attached hydrogens (tertiary/aromatic N) is 2. The van der Waals surface area contributed by atoms with E-state index in [1.807, 2.05) is 18.0 Å². The van der Waals surface area contributed by atoms with Gasteiger partial charge in [-0.1, -0.05) is 15.9 Å². The van der Waals surface area contributed by atoms with Crippen molar-refractivity contribution >= 4 is 27.3 Å². The molecule has 0 saturated heterocycles. The Bertz CT molecular complexity index is 404. The van der Waals surface area contributed by atoms with Crippen molar-refractivity contribution in [3.8, 4) is 0 Å². The van der Waals surface area contributed by atoms with Gasteiger partial charge in [-0.05, 0) is 25.0 Å². The zero-order chi connectivity index (χ0) is 11.0. The lowest BCUT2D eigenvalue weighted by atomic mass is 10.2. The normalized spacial score (nSPS) is 15.1. The van der Waals surface area contributed by atoms with E-state index in [0.717, 1.165) is 17.3 Å². The molecule has 0 aromatic heterocycles.